The quantitative estimate of drug-likeness (QED) is 0.829. The van der Waals surface area contributed by atoms with Crippen LogP contribution in [0.25, 0.3) is 0 Å². The largest absolute Gasteiger partial charge is 0.397 e. The van der Waals surface area contributed by atoms with Gasteiger partial charge in [0.2, 0.25) is 0 Å². The average Bonchev–Trinajstić information content (AvgIpc) is 2.95. The van der Waals surface area contributed by atoms with Gasteiger partial charge in [-0.25, -0.2) is 0 Å². The molecule has 0 atom stereocenters. The number of nitrogen functional groups attached to an aromatic ring is 1. The predicted octanol–water partition coefficient (Wildman–Crippen LogP) is 2.18. The number of amides is 1. The molecule has 0 radical (unpaired) electrons. The van der Waals surface area contributed by atoms with Crippen molar-refractivity contribution < 1.29 is 4.79 Å². The summed E-state index contributed by atoms with van der Waals surface area (Å²) in [6.07, 6.45) is 8.18. The highest BCUT2D eigenvalue weighted by Gasteiger charge is 2.27. The molecule has 2 rings (SSSR count). The minimum absolute atomic E-state index is 0.0565. The van der Waals surface area contributed by atoms with Gasteiger partial charge in [-0.05, 0) is 18.9 Å². The molecule has 1 aliphatic carbocycles. The molecule has 0 unspecified atom stereocenters. The molecule has 0 aliphatic heterocycles. The molecular formula is C14H21N3O. The molecule has 0 bridgehead atoms. The second kappa shape index (κ2) is 5.29. The normalized spacial score (nSPS) is 15.8. The summed E-state index contributed by atoms with van der Waals surface area (Å²) < 4.78 is 1.79. The molecule has 4 nitrogen and oxygen atoms in total. The molecule has 4 heteroatoms. The summed E-state index contributed by atoms with van der Waals surface area (Å²) in [6, 6.07) is 2.10. The number of aromatic nitrogens is 1. The number of carbonyl (C=O) groups excluding carboxylic acids is 1. The van der Waals surface area contributed by atoms with Gasteiger partial charge in [-0.15, -0.1) is 6.58 Å². The van der Waals surface area contributed by atoms with Crippen molar-refractivity contribution in [2.75, 3.05) is 12.3 Å². The van der Waals surface area contributed by atoms with Crippen molar-refractivity contribution in [2.45, 2.75) is 31.7 Å². The molecule has 1 fully saturated rings. The number of nitrogens with zero attached hydrogens (tertiary/aromatic N) is 2. The second-order valence-corrected chi connectivity index (χ2v) is 4.95. The van der Waals surface area contributed by atoms with Crippen LogP contribution in [0.3, 0.4) is 0 Å². The molecule has 1 heterocycles. The maximum atomic E-state index is 12.6. The van der Waals surface area contributed by atoms with E-state index >= 15 is 0 Å². The first-order valence-corrected chi connectivity index (χ1v) is 6.47. The fourth-order valence-electron chi connectivity index (χ4n) is 2.70. The average molecular weight is 247 g/mol. The molecule has 1 aliphatic rings. The van der Waals surface area contributed by atoms with Crippen LogP contribution in [-0.4, -0.2) is 28.0 Å². The Morgan fingerprint density at radius 1 is 1.61 bits per heavy atom. The third-order valence-electron chi connectivity index (χ3n) is 3.60. The Morgan fingerprint density at radius 3 is 2.78 bits per heavy atom. The molecule has 1 aromatic rings. The first-order chi connectivity index (χ1) is 8.63. The van der Waals surface area contributed by atoms with Gasteiger partial charge in [0.05, 0.1) is 5.69 Å². The van der Waals surface area contributed by atoms with E-state index in [1.165, 1.54) is 12.8 Å². The fourth-order valence-corrected chi connectivity index (χ4v) is 2.70. The molecule has 0 saturated heterocycles. The lowest BCUT2D eigenvalue weighted by Gasteiger charge is -2.28. The molecule has 1 aromatic heterocycles. The Kier molecular flexibility index (Phi) is 3.75. The van der Waals surface area contributed by atoms with Crippen LogP contribution in [0, 0.1) is 0 Å². The van der Waals surface area contributed by atoms with E-state index in [0.29, 0.717) is 24.0 Å². The molecule has 2 N–H and O–H groups in total. The highest BCUT2D eigenvalue weighted by molar-refractivity contribution is 5.94. The van der Waals surface area contributed by atoms with Crippen molar-refractivity contribution in [1.82, 2.24) is 9.47 Å². The minimum Gasteiger partial charge on any atom is -0.397 e. The lowest BCUT2D eigenvalue weighted by molar-refractivity contribution is 0.0697. The minimum atomic E-state index is 0.0565. The molecule has 0 spiro atoms. The Labute approximate surface area is 108 Å². The van der Waals surface area contributed by atoms with Gasteiger partial charge in [-0.2, -0.15) is 0 Å². The number of carbonyl (C=O) groups is 1. The zero-order valence-electron chi connectivity index (χ0n) is 10.9. The standard InChI is InChI=1S/C14H21N3O/c1-3-8-17(12-6-4-5-7-12)14(18)13-9-11(15)10-16(13)2/h3,9-10,12H,1,4-8,15H2,2H3. The number of anilines is 1. The van der Waals surface area contributed by atoms with Gasteiger partial charge < -0.3 is 15.2 Å². The Morgan fingerprint density at radius 2 is 2.28 bits per heavy atom. The zero-order valence-corrected chi connectivity index (χ0v) is 10.9. The highest BCUT2D eigenvalue weighted by atomic mass is 16.2. The van der Waals surface area contributed by atoms with Crippen LogP contribution in [-0.2, 0) is 7.05 Å². The van der Waals surface area contributed by atoms with E-state index in [2.05, 4.69) is 6.58 Å². The Hall–Kier alpha value is -1.71. The summed E-state index contributed by atoms with van der Waals surface area (Å²) in [4.78, 5) is 14.5. The summed E-state index contributed by atoms with van der Waals surface area (Å²) in [5.41, 5.74) is 7.02. The summed E-state index contributed by atoms with van der Waals surface area (Å²) in [5.74, 6) is 0.0565. The highest BCUT2D eigenvalue weighted by Crippen LogP contribution is 2.25. The van der Waals surface area contributed by atoms with Crippen LogP contribution in [0.15, 0.2) is 24.9 Å². The van der Waals surface area contributed by atoms with Gasteiger partial charge in [-0.1, -0.05) is 18.9 Å². The lowest BCUT2D eigenvalue weighted by atomic mass is 10.2. The first kappa shape index (κ1) is 12.7. The Bertz CT molecular complexity index is 444. The van der Waals surface area contributed by atoms with Gasteiger partial charge in [-0.3, -0.25) is 4.79 Å². The fraction of sp³-hybridized carbons (Fsp3) is 0.500. The molecule has 1 amide bonds. The molecule has 0 aromatic carbocycles. The van der Waals surface area contributed by atoms with Crippen molar-refractivity contribution in [2.24, 2.45) is 7.05 Å². The van der Waals surface area contributed by atoms with Crippen molar-refractivity contribution in [3.63, 3.8) is 0 Å². The number of hydrogen-bond donors (Lipinski definition) is 1. The smallest absolute Gasteiger partial charge is 0.271 e. The Balaban J connectivity index is 2.22. The zero-order chi connectivity index (χ0) is 13.1. The van der Waals surface area contributed by atoms with E-state index in [0.717, 1.165) is 12.8 Å². The maximum Gasteiger partial charge on any atom is 0.271 e. The summed E-state index contributed by atoms with van der Waals surface area (Å²) in [5, 5.41) is 0. The van der Waals surface area contributed by atoms with Gasteiger partial charge in [0.15, 0.2) is 0 Å². The molecule has 18 heavy (non-hydrogen) atoms. The van der Waals surface area contributed by atoms with E-state index in [1.807, 2.05) is 11.9 Å². The number of nitrogens with two attached hydrogens (primary N) is 1. The summed E-state index contributed by atoms with van der Waals surface area (Å²) >= 11 is 0. The van der Waals surface area contributed by atoms with E-state index in [4.69, 9.17) is 5.73 Å². The van der Waals surface area contributed by atoms with Crippen LogP contribution in [0.5, 0.6) is 0 Å². The van der Waals surface area contributed by atoms with Crippen LogP contribution >= 0.6 is 0 Å². The third kappa shape index (κ3) is 2.42. The van der Waals surface area contributed by atoms with Gasteiger partial charge in [0.25, 0.3) is 5.91 Å². The van der Waals surface area contributed by atoms with Gasteiger partial charge >= 0.3 is 0 Å². The monoisotopic (exact) mass is 247 g/mol. The van der Waals surface area contributed by atoms with E-state index in [1.54, 1.807) is 22.9 Å². The predicted molar refractivity (Wildman–Crippen MR) is 73.3 cm³/mol. The molecular weight excluding hydrogens is 226 g/mol. The van der Waals surface area contributed by atoms with Crippen molar-refractivity contribution >= 4 is 11.6 Å². The maximum absolute atomic E-state index is 12.6. The van der Waals surface area contributed by atoms with E-state index in [-0.39, 0.29) is 5.91 Å². The third-order valence-corrected chi connectivity index (χ3v) is 3.60. The van der Waals surface area contributed by atoms with Crippen molar-refractivity contribution in [3.8, 4) is 0 Å². The number of rotatable bonds is 4. The molecule has 98 valence electrons. The van der Waals surface area contributed by atoms with Crippen LogP contribution in [0.1, 0.15) is 36.2 Å². The summed E-state index contributed by atoms with van der Waals surface area (Å²) in [7, 11) is 1.85. The van der Waals surface area contributed by atoms with Gasteiger partial charge in [0.1, 0.15) is 5.69 Å². The van der Waals surface area contributed by atoms with Crippen molar-refractivity contribution in [1.29, 1.82) is 0 Å². The van der Waals surface area contributed by atoms with Crippen LogP contribution in [0.2, 0.25) is 0 Å². The summed E-state index contributed by atoms with van der Waals surface area (Å²) in [6.45, 7) is 4.36. The van der Waals surface area contributed by atoms with Crippen LogP contribution < -0.4 is 5.73 Å². The lowest BCUT2D eigenvalue weighted by Crippen LogP contribution is -2.39. The number of aryl methyl sites for hydroxylation is 1. The van der Waals surface area contributed by atoms with E-state index < -0.39 is 0 Å². The second-order valence-electron chi connectivity index (χ2n) is 4.95. The molecule has 1 saturated carbocycles. The van der Waals surface area contributed by atoms with E-state index in [9.17, 15) is 4.79 Å². The van der Waals surface area contributed by atoms with Crippen molar-refractivity contribution in [3.05, 3.63) is 30.6 Å². The SMILES string of the molecule is C=CCN(C(=O)c1cc(N)cn1C)C1CCCC1. The number of hydrogen-bond acceptors (Lipinski definition) is 2. The van der Waals surface area contributed by atoms with Gasteiger partial charge in [0, 0.05) is 25.8 Å². The topological polar surface area (TPSA) is 51.3 Å². The van der Waals surface area contributed by atoms with Crippen LogP contribution in [0.4, 0.5) is 5.69 Å². The first-order valence-electron chi connectivity index (χ1n) is 6.47.